The van der Waals surface area contributed by atoms with E-state index in [2.05, 4.69) is 21.2 Å². The monoisotopic (exact) mass is 341 g/mol. The molecule has 0 bridgehead atoms. The van der Waals surface area contributed by atoms with Gasteiger partial charge in [-0.1, -0.05) is 0 Å². The normalized spacial score (nSPS) is 10.2. The van der Waals surface area contributed by atoms with Crippen LogP contribution in [-0.4, -0.2) is 13.0 Å². The van der Waals surface area contributed by atoms with Crippen LogP contribution in [0.3, 0.4) is 0 Å². The average Bonchev–Trinajstić information content (AvgIpc) is 2.43. The van der Waals surface area contributed by atoms with Crippen LogP contribution in [0.25, 0.3) is 0 Å². The summed E-state index contributed by atoms with van der Waals surface area (Å²) in [4.78, 5) is 12.0. The zero-order chi connectivity index (χ0) is 14.7. The molecule has 0 radical (unpaired) electrons. The number of rotatable bonds is 3. The molecule has 0 saturated heterocycles. The number of amides is 1. The Balaban J connectivity index is 2.30. The van der Waals surface area contributed by atoms with Crippen molar-refractivity contribution >= 4 is 27.5 Å². The van der Waals surface area contributed by atoms with E-state index in [0.29, 0.717) is 10.2 Å². The van der Waals surface area contributed by atoms with Crippen molar-refractivity contribution in [1.29, 1.82) is 0 Å². The topological polar surface area (TPSA) is 38.3 Å². The molecule has 0 saturated carbocycles. The maximum atomic E-state index is 13.6. The highest BCUT2D eigenvalue weighted by molar-refractivity contribution is 9.10. The van der Waals surface area contributed by atoms with E-state index in [1.54, 1.807) is 0 Å². The Morgan fingerprint density at radius 3 is 2.65 bits per heavy atom. The van der Waals surface area contributed by atoms with Crippen molar-refractivity contribution in [3.05, 3.63) is 58.1 Å². The zero-order valence-corrected chi connectivity index (χ0v) is 12.0. The minimum absolute atomic E-state index is 0.0366. The summed E-state index contributed by atoms with van der Waals surface area (Å²) >= 11 is 3.15. The van der Waals surface area contributed by atoms with Gasteiger partial charge in [-0.25, -0.2) is 8.78 Å². The van der Waals surface area contributed by atoms with Crippen LogP contribution in [0.5, 0.6) is 5.75 Å². The SMILES string of the molecule is COc1ccc(F)c(NC(=O)c2cc(F)ccc2Br)c1. The average molecular weight is 342 g/mol. The third kappa shape index (κ3) is 3.14. The smallest absolute Gasteiger partial charge is 0.256 e. The molecule has 104 valence electrons. The zero-order valence-electron chi connectivity index (χ0n) is 10.4. The van der Waals surface area contributed by atoms with E-state index >= 15 is 0 Å². The highest BCUT2D eigenvalue weighted by Gasteiger charge is 2.14. The quantitative estimate of drug-likeness (QED) is 0.916. The summed E-state index contributed by atoms with van der Waals surface area (Å²) in [5.74, 6) is -1.38. The van der Waals surface area contributed by atoms with E-state index in [-0.39, 0.29) is 11.3 Å². The minimum atomic E-state index is -0.622. The van der Waals surface area contributed by atoms with Gasteiger partial charge >= 0.3 is 0 Å². The standard InChI is InChI=1S/C14H10BrF2NO2/c1-20-9-3-5-12(17)13(7-9)18-14(19)10-6-8(16)2-4-11(10)15/h2-7H,1H3,(H,18,19). The molecule has 0 spiro atoms. The van der Waals surface area contributed by atoms with E-state index in [0.717, 1.165) is 6.07 Å². The fourth-order valence-corrected chi connectivity index (χ4v) is 2.01. The van der Waals surface area contributed by atoms with E-state index < -0.39 is 17.5 Å². The molecule has 1 N–H and O–H groups in total. The fourth-order valence-electron chi connectivity index (χ4n) is 1.59. The molecule has 2 aromatic rings. The lowest BCUT2D eigenvalue weighted by atomic mass is 10.2. The number of carbonyl (C=O) groups excluding carboxylic acids is 1. The molecule has 0 heterocycles. The van der Waals surface area contributed by atoms with Gasteiger partial charge in [0.05, 0.1) is 18.4 Å². The first-order chi connectivity index (χ1) is 9.51. The summed E-state index contributed by atoms with van der Waals surface area (Å²) in [5.41, 5.74) is 0.0396. The molecule has 0 aromatic heterocycles. The van der Waals surface area contributed by atoms with Crippen molar-refractivity contribution in [2.75, 3.05) is 12.4 Å². The molecule has 3 nitrogen and oxygen atoms in total. The molecule has 0 fully saturated rings. The van der Waals surface area contributed by atoms with Crippen LogP contribution in [0, 0.1) is 11.6 Å². The predicted molar refractivity (Wildman–Crippen MR) is 75.0 cm³/mol. The molecule has 2 rings (SSSR count). The molecule has 6 heteroatoms. The molecule has 0 aliphatic carbocycles. The van der Waals surface area contributed by atoms with E-state index in [1.165, 1.54) is 37.4 Å². The van der Waals surface area contributed by atoms with Gasteiger partial charge in [0.2, 0.25) is 0 Å². The fraction of sp³-hybridized carbons (Fsp3) is 0.0714. The minimum Gasteiger partial charge on any atom is -0.497 e. The lowest BCUT2D eigenvalue weighted by molar-refractivity contribution is 0.102. The maximum absolute atomic E-state index is 13.6. The first kappa shape index (κ1) is 14.5. The molecule has 0 unspecified atom stereocenters. The third-order valence-corrected chi connectivity index (χ3v) is 3.29. The first-order valence-corrected chi connectivity index (χ1v) is 6.40. The number of hydrogen-bond donors (Lipinski definition) is 1. The summed E-state index contributed by atoms with van der Waals surface area (Å²) in [6, 6.07) is 7.65. The van der Waals surface area contributed by atoms with Gasteiger partial charge in [0, 0.05) is 10.5 Å². The van der Waals surface area contributed by atoms with E-state index in [9.17, 15) is 13.6 Å². The summed E-state index contributed by atoms with van der Waals surface area (Å²) < 4.78 is 32.1. The number of halogens is 3. The predicted octanol–water partition coefficient (Wildman–Crippen LogP) is 3.99. The second-order valence-electron chi connectivity index (χ2n) is 3.92. The molecule has 2 aromatic carbocycles. The highest BCUT2D eigenvalue weighted by atomic mass is 79.9. The van der Waals surface area contributed by atoms with Crippen LogP contribution in [0.15, 0.2) is 40.9 Å². The van der Waals surface area contributed by atoms with Crippen LogP contribution in [0.1, 0.15) is 10.4 Å². The first-order valence-electron chi connectivity index (χ1n) is 5.61. The lowest BCUT2D eigenvalue weighted by Gasteiger charge is -2.09. The number of ether oxygens (including phenoxy) is 1. The number of nitrogens with one attached hydrogen (secondary N) is 1. The molecular weight excluding hydrogens is 332 g/mol. The van der Waals surface area contributed by atoms with Gasteiger partial charge < -0.3 is 10.1 Å². The van der Waals surface area contributed by atoms with Crippen LogP contribution < -0.4 is 10.1 Å². The molecule has 0 aliphatic rings. The van der Waals surface area contributed by atoms with E-state index in [1.807, 2.05) is 0 Å². The molecule has 1 amide bonds. The van der Waals surface area contributed by atoms with Gasteiger partial charge in [0.25, 0.3) is 5.91 Å². The summed E-state index contributed by atoms with van der Waals surface area (Å²) in [5, 5.41) is 2.38. The Hall–Kier alpha value is -1.95. The lowest BCUT2D eigenvalue weighted by Crippen LogP contribution is -2.14. The second-order valence-corrected chi connectivity index (χ2v) is 4.78. The Morgan fingerprint density at radius 2 is 1.95 bits per heavy atom. The number of benzene rings is 2. The molecule has 0 aliphatic heterocycles. The van der Waals surface area contributed by atoms with Gasteiger partial charge in [-0.15, -0.1) is 0 Å². The Bertz CT molecular complexity index is 662. The van der Waals surface area contributed by atoms with Crippen LogP contribution in [0.2, 0.25) is 0 Å². The van der Waals surface area contributed by atoms with Crippen LogP contribution in [0.4, 0.5) is 14.5 Å². The number of anilines is 1. The van der Waals surface area contributed by atoms with E-state index in [4.69, 9.17) is 4.74 Å². The Morgan fingerprint density at radius 1 is 1.20 bits per heavy atom. The van der Waals surface area contributed by atoms with Gasteiger partial charge in [-0.2, -0.15) is 0 Å². The van der Waals surface area contributed by atoms with Gasteiger partial charge in [-0.3, -0.25) is 4.79 Å². The summed E-state index contributed by atoms with van der Waals surface area (Å²) in [6.45, 7) is 0. The maximum Gasteiger partial charge on any atom is 0.256 e. The van der Waals surface area contributed by atoms with Crippen molar-refractivity contribution < 1.29 is 18.3 Å². The van der Waals surface area contributed by atoms with Crippen molar-refractivity contribution in [2.45, 2.75) is 0 Å². The van der Waals surface area contributed by atoms with Crippen molar-refractivity contribution in [3.8, 4) is 5.75 Å². The van der Waals surface area contributed by atoms with Crippen molar-refractivity contribution in [1.82, 2.24) is 0 Å². The second kappa shape index (κ2) is 6.00. The van der Waals surface area contributed by atoms with Crippen LogP contribution in [-0.2, 0) is 0 Å². The number of hydrogen-bond acceptors (Lipinski definition) is 2. The van der Waals surface area contributed by atoms with Crippen molar-refractivity contribution in [2.24, 2.45) is 0 Å². The molecular formula is C14H10BrF2NO2. The number of methoxy groups -OCH3 is 1. The summed E-state index contributed by atoms with van der Waals surface area (Å²) in [6.07, 6.45) is 0. The van der Waals surface area contributed by atoms with Gasteiger partial charge in [0.15, 0.2) is 0 Å². The molecule has 0 atom stereocenters. The van der Waals surface area contributed by atoms with Gasteiger partial charge in [0.1, 0.15) is 17.4 Å². The summed E-state index contributed by atoms with van der Waals surface area (Å²) in [7, 11) is 1.43. The Kier molecular flexibility index (Phi) is 4.34. The highest BCUT2D eigenvalue weighted by Crippen LogP contribution is 2.23. The van der Waals surface area contributed by atoms with Crippen LogP contribution >= 0.6 is 15.9 Å². The number of carbonyl (C=O) groups is 1. The third-order valence-electron chi connectivity index (χ3n) is 2.59. The largest absolute Gasteiger partial charge is 0.497 e. The van der Waals surface area contributed by atoms with Gasteiger partial charge in [-0.05, 0) is 46.3 Å². The Labute approximate surface area is 122 Å². The van der Waals surface area contributed by atoms with Crippen molar-refractivity contribution in [3.63, 3.8) is 0 Å². The molecule has 20 heavy (non-hydrogen) atoms.